The molecule has 1 saturated carbocycles. The highest BCUT2D eigenvalue weighted by atomic mass is 35.5. The van der Waals surface area contributed by atoms with Gasteiger partial charge in [-0.1, -0.05) is 25.0 Å². The number of halogens is 1. The lowest BCUT2D eigenvalue weighted by Crippen LogP contribution is -2.33. The molecule has 4 N–H and O–H groups in total. The minimum atomic E-state index is -3.67. The standard InChI is InChI=1S/C20H25N3O3S.ClH/c1-13-8-10-16(21)12-18(13)22-20(24)15-9-7-14(2)19(11-15)27(25,26)23-17-5-3-4-6-17;/h7-12,17,23H,3-6,21H2,1-2H3,(H,22,24);1H. The van der Waals surface area contributed by atoms with Crippen molar-refractivity contribution in [3.8, 4) is 0 Å². The Morgan fingerprint density at radius 3 is 2.36 bits per heavy atom. The van der Waals surface area contributed by atoms with Gasteiger partial charge in [-0.25, -0.2) is 13.1 Å². The number of aryl methyl sites for hydroxylation is 2. The normalized spacial score (nSPS) is 14.5. The number of nitrogens with one attached hydrogen (secondary N) is 2. The highest BCUT2D eigenvalue weighted by molar-refractivity contribution is 7.89. The monoisotopic (exact) mass is 423 g/mol. The van der Waals surface area contributed by atoms with Crippen LogP contribution in [0, 0.1) is 13.8 Å². The van der Waals surface area contributed by atoms with Crippen molar-refractivity contribution in [1.29, 1.82) is 0 Å². The molecule has 1 aliphatic rings. The fraction of sp³-hybridized carbons (Fsp3) is 0.350. The number of carbonyl (C=O) groups is 1. The summed E-state index contributed by atoms with van der Waals surface area (Å²) < 4.78 is 28.3. The lowest BCUT2D eigenvalue weighted by molar-refractivity contribution is 0.102. The van der Waals surface area contributed by atoms with E-state index in [-0.39, 0.29) is 34.8 Å². The molecule has 2 aromatic carbocycles. The lowest BCUT2D eigenvalue weighted by Gasteiger charge is -2.15. The van der Waals surface area contributed by atoms with E-state index in [1.165, 1.54) is 6.07 Å². The maximum atomic E-state index is 12.8. The molecule has 0 radical (unpaired) electrons. The summed E-state index contributed by atoms with van der Waals surface area (Å²) in [5.41, 5.74) is 8.70. The fourth-order valence-electron chi connectivity index (χ4n) is 3.33. The van der Waals surface area contributed by atoms with Gasteiger partial charge in [0, 0.05) is 23.0 Å². The summed E-state index contributed by atoms with van der Waals surface area (Å²) in [5.74, 6) is -0.374. The Morgan fingerprint density at radius 1 is 1.04 bits per heavy atom. The number of hydrogen-bond donors (Lipinski definition) is 3. The van der Waals surface area contributed by atoms with Gasteiger partial charge >= 0.3 is 0 Å². The Bertz CT molecular complexity index is 971. The Morgan fingerprint density at radius 2 is 1.68 bits per heavy atom. The minimum absolute atomic E-state index is 0. The minimum Gasteiger partial charge on any atom is -0.399 e. The van der Waals surface area contributed by atoms with Gasteiger partial charge in [0.25, 0.3) is 5.91 Å². The molecule has 8 heteroatoms. The van der Waals surface area contributed by atoms with Gasteiger partial charge in [-0.2, -0.15) is 0 Å². The molecule has 0 atom stereocenters. The van der Waals surface area contributed by atoms with Crippen molar-refractivity contribution in [3.05, 3.63) is 53.1 Å². The van der Waals surface area contributed by atoms with Crippen LogP contribution in [0.1, 0.15) is 47.2 Å². The zero-order chi connectivity index (χ0) is 19.6. The second-order valence-electron chi connectivity index (χ2n) is 7.11. The average Bonchev–Trinajstić information content (AvgIpc) is 3.10. The van der Waals surface area contributed by atoms with Crippen molar-refractivity contribution in [2.45, 2.75) is 50.5 Å². The second-order valence-corrected chi connectivity index (χ2v) is 8.79. The molecule has 0 bridgehead atoms. The molecule has 0 aliphatic heterocycles. The van der Waals surface area contributed by atoms with E-state index in [2.05, 4.69) is 10.0 Å². The first kappa shape index (κ1) is 22.2. The summed E-state index contributed by atoms with van der Waals surface area (Å²) in [4.78, 5) is 12.8. The molecule has 0 spiro atoms. The average molecular weight is 424 g/mol. The van der Waals surface area contributed by atoms with E-state index in [0.29, 0.717) is 16.9 Å². The van der Waals surface area contributed by atoms with Crippen molar-refractivity contribution in [2.24, 2.45) is 0 Å². The third-order valence-corrected chi connectivity index (χ3v) is 6.59. The molecule has 28 heavy (non-hydrogen) atoms. The van der Waals surface area contributed by atoms with Gasteiger partial charge in [-0.05, 0) is 62.1 Å². The molecule has 152 valence electrons. The first-order valence-electron chi connectivity index (χ1n) is 9.07. The summed E-state index contributed by atoms with van der Waals surface area (Å²) in [6, 6.07) is 9.95. The van der Waals surface area contributed by atoms with E-state index in [1.807, 2.05) is 13.0 Å². The summed E-state index contributed by atoms with van der Waals surface area (Å²) in [6.45, 7) is 3.60. The fourth-order valence-corrected chi connectivity index (χ4v) is 4.90. The van der Waals surface area contributed by atoms with Gasteiger partial charge < -0.3 is 11.1 Å². The predicted molar refractivity (Wildman–Crippen MR) is 115 cm³/mol. The van der Waals surface area contributed by atoms with E-state index < -0.39 is 10.0 Å². The SMILES string of the molecule is Cc1ccc(N)cc1NC(=O)c1ccc(C)c(S(=O)(=O)NC2CCCC2)c1.Cl. The van der Waals surface area contributed by atoms with E-state index >= 15 is 0 Å². The maximum absolute atomic E-state index is 12.8. The molecule has 1 fully saturated rings. The van der Waals surface area contributed by atoms with Crippen LogP contribution in [0.2, 0.25) is 0 Å². The molecule has 1 aliphatic carbocycles. The van der Waals surface area contributed by atoms with Gasteiger partial charge in [-0.3, -0.25) is 4.79 Å². The quantitative estimate of drug-likeness (QED) is 0.637. The van der Waals surface area contributed by atoms with Crippen LogP contribution in [0.3, 0.4) is 0 Å². The number of carbonyl (C=O) groups excluding carboxylic acids is 1. The molecule has 1 amide bonds. The zero-order valence-corrected chi connectivity index (χ0v) is 17.6. The van der Waals surface area contributed by atoms with Crippen LogP contribution in [-0.4, -0.2) is 20.4 Å². The Balaban J connectivity index is 0.00000280. The number of nitrogens with two attached hydrogens (primary N) is 1. The first-order chi connectivity index (χ1) is 12.8. The van der Waals surface area contributed by atoms with E-state index in [4.69, 9.17) is 5.73 Å². The summed E-state index contributed by atoms with van der Waals surface area (Å²) in [7, 11) is -3.67. The highest BCUT2D eigenvalue weighted by Crippen LogP contribution is 2.24. The van der Waals surface area contributed by atoms with Crippen molar-refractivity contribution in [1.82, 2.24) is 4.72 Å². The number of anilines is 2. The van der Waals surface area contributed by atoms with Crippen molar-refractivity contribution < 1.29 is 13.2 Å². The van der Waals surface area contributed by atoms with Crippen molar-refractivity contribution in [2.75, 3.05) is 11.1 Å². The smallest absolute Gasteiger partial charge is 0.255 e. The predicted octanol–water partition coefficient (Wildman–Crippen LogP) is 3.78. The molecular formula is C20H26ClN3O3S. The number of sulfonamides is 1. The number of nitrogen functional groups attached to an aromatic ring is 1. The summed E-state index contributed by atoms with van der Waals surface area (Å²) >= 11 is 0. The van der Waals surface area contributed by atoms with Gasteiger partial charge in [0.05, 0.1) is 4.90 Å². The van der Waals surface area contributed by atoms with Crippen LogP contribution in [-0.2, 0) is 10.0 Å². The van der Waals surface area contributed by atoms with E-state index in [1.54, 1.807) is 31.2 Å². The molecule has 2 aromatic rings. The van der Waals surface area contributed by atoms with Crippen molar-refractivity contribution in [3.63, 3.8) is 0 Å². The summed E-state index contributed by atoms with van der Waals surface area (Å²) in [6.07, 6.45) is 3.78. The number of benzene rings is 2. The van der Waals surface area contributed by atoms with E-state index in [9.17, 15) is 13.2 Å². The Labute approximate surface area is 172 Å². The largest absolute Gasteiger partial charge is 0.399 e. The molecule has 0 saturated heterocycles. The molecule has 0 heterocycles. The van der Waals surface area contributed by atoms with Crippen LogP contribution < -0.4 is 15.8 Å². The van der Waals surface area contributed by atoms with Crippen molar-refractivity contribution >= 4 is 39.7 Å². The Hall–Kier alpha value is -2.09. The van der Waals surface area contributed by atoms with Crippen LogP contribution in [0.4, 0.5) is 11.4 Å². The molecule has 6 nitrogen and oxygen atoms in total. The number of hydrogen-bond acceptors (Lipinski definition) is 4. The topological polar surface area (TPSA) is 101 Å². The highest BCUT2D eigenvalue weighted by Gasteiger charge is 2.25. The van der Waals surface area contributed by atoms with E-state index in [0.717, 1.165) is 31.2 Å². The molecule has 0 unspecified atom stereocenters. The van der Waals surface area contributed by atoms with Gasteiger partial charge in [0.2, 0.25) is 10.0 Å². The first-order valence-corrected chi connectivity index (χ1v) is 10.5. The lowest BCUT2D eigenvalue weighted by atomic mass is 10.1. The third-order valence-electron chi connectivity index (χ3n) is 4.93. The third kappa shape index (κ3) is 5.04. The van der Waals surface area contributed by atoms with Crippen LogP contribution in [0.15, 0.2) is 41.3 Å². The summed E-state index contributed by atoms with van der Waals surface area (Å²) in [5, 5.41) is 2.80. The molecule has 3 rings (SSSR count). The maximum Gasteiger partial charge on any atom is 0.255 e. The molecular weight excluding hydrogens is 398 g/mol. The van der Waals surface area contributed by atoms with Gasteiger partial charge in [0.1, 0.15) is 0 Å². The number of rotatable bonds is 5. The Kier molecular flexibility index (Phi) is 7.09. The second kappa shape index (κ2) is 8.94. The number of amides is 1. The van der Waals surface area contributed by atoms with Crippen LogP contribution in [0.25, 0.3) is 0 Å². The van der Waals surface area contributed by atoms with Gasteiger partial charge in [-0.15, -0.1) is 12.4 Å². The van der Waals surface area contributed by atoms with Crippen LogP contribution >= 0.6 is 12.4 Å². The van der Waals surface area contributed by atoms with Crippen LogP contribution in [0.5, 0.6) is 0 Å². The molecule has 0 aromatic heterocycles. The van der Waals surface area contributed by atoms with Gasteiger partial charge in [0.15, 0.2) is 0 Å². The zero-order valence-electron chi connectivity index (χ0n) is 16.0.